The van der Waals surface area contributed by atoms with Crippen molar-refractivity contribution >= 4 is 11.8 Å². The lowest BCUT2D eigenvalue weighted by Gasteiger charge is -2.10. The quantitative estimate of drug-likeness (QED) is 0.476. The predicted molar refractivity (Wildman–Crippen MR) is 65.8 cm³/mol. The third-order valence-electron chi connectivity index (χ3n) is 1.85. The third kappa shape index (κ3) is 3.47. The van der Waals surface area contributed by atoms with Crippen LogP contribution in [0.5, 0.6) is 0 Å². The van der Waals surface area contributed by atoms with Crippen molar-refractivity contribution in [3.63, 3.8) is 0 Å². The van der Waals surface area contributed by atoms with Crippen LogP contribution in [0.3, 0.4) is 0 Å². The molecule has 0 heterocycles. The van der Waals surface area contributed by atoms with Crippen molar-refractivity contribution in [3.8, 4) is 12.3 Å². The lowest BCUT2D eigenvalue weighted by Crippen LogP contribution is -1.96. The van der Waals surface area contributed by atoms with Crippen molar-refractivity contribution in [3.05, 3.63) is 42.0 Å². The highest BCUT2D eigenvalue weighted by atomic mass is 32.2. The Hall–Kier alpha value is -1.17. The molecule has 0 fully saturated rings. The summed E-state index contributed by atoms with van der Waals surface area (Å²) in [6, 6.07) is 7.63. The van der Waals surface area contributed by atoms with Gasteiger partial charge in [0, 0.05) is 16.2 Å². The molecule has 0 aliphatic rings. The first-order valence-corrected chi connectivity index (χ1v) is 5.64. The van der Waals surface area contributed by atoms with Crippen LogP contribution < -0.4 is 0 Å². The van der Waals surface area contributed by atoms with Crippen LogP contribution in [0.2, 0.25) is 0 Å². The van der Waals surface area contributed by atoms with Crippen molar-refractivity contribution in [2.45, 2.75) is 17.9 Å². The molecule has 78 valence electrons. The monoisotopic (exact) mass is 218 g/mol. The number of benzene rings is 1. The van der Waals surface area contributed by atoms with E-state index in [0.717, 1.165) is 21.8 Å². The van der Waals surface area contributed by atoms with Crippen LogP contribution in [-0.4, -0.2) is 10.9 Å². The first-order valence-electron chi connectivity index (χ1n) is 4.65. The number of thioether (sulfide) groups is 1. The van der Waals surface area contributed by atoms with Gasteiger partial charge in [0.25, 0.3) is 0 Å². The van der Waals surface area contributed by atoms with E-state index in [1.54, 1.807) is 11.8 Å². The summed E-state index contributed by atoms with van der Waals surface area (Å²) in [6.07, 6.45) is 4.38. The molecule has 0 spiro atoms. The summed E-state index contributed by atoms with van der Waals surface area (Å²) >= 11 is 1.64. The Bertz CT molecular complexity index is 390. The van der Waals surface area contributed by atoms with Crippen LogP contribution in [0.15, 0.2) is 41.3 Å². The van der Waals surface area contributed by atoms with Crippen LogP contribution in [-0.2, 0) is 0 Å². The lowest BCUT2D eigenvalue weighted by atomic mass is 10.1. The second-order valence-corrected chi connectivity index (χ2v) is 4.37. The van der Waals surface area contributed by atoms with E-state index in [0.29, 0.717) is 0 Å². The SMILES string of the molecule is C#CC(O)c1ccccc1SCC(=C)C. The molecule has 0 saturated heterocycles. The molecule has 0 saturated carbocycles. The minimum Gasteiger partial charge on any atom is -0.376 e. The molecule has 0 aliphatic carbocycles. The number of terminal acetylenes is 1. The Morgan fingerprint density at radius 3 is 2.87 bits per heavy atom. The lowest BCUT2D eigenvalue weighted by molar-refractivity contribution is 0.235. The maximum atomic E-state index is 9.60. The zero-order valence-corrected chi connectivity index (χ0v) is 9.55. The van der Waals surface area contributed by atoms with Crippen molar-refractivity contribution in [2.24, 2.45) is 0 Å². The van der Waals surface area contributed by atoms with Crippen molar-refractivity contribution in [1.82, 2.24) is 0 Å². The van der Waals surface area contributed by atoms with Crippen molar-refractivity contribution in [1.29, 1.82) is 0 Å². The van der Waals surface area contributed by atoms with E-state index in [4.69, 9.17) is 6.42 Å². The second-order valence-electron chi connectivity index (χ2n) is 3.35. The van der Waals surface area contributed by atoms with Crippen LogP contribution in [0.4, 0.5) is 0 Å². The number of aliphatic hydroxyl groups excluding tert-OH is 1. The molecule has 2 heteroatoms. The molecule has 1 unspecified atom stereocenters. The molecule has 0 aliphatic heterocycles. The van der Waals surface area contributed by atoms with Gasteiger partial charge in [-0.1, -0.05) is 36.3 Å². The first-order chi connectivity index (χ1) is 7.15. The maximum absolute atomic E-state index is 9.60. The van der Waals surface area contributed by atoms with Crippen LogP contribution in [0, 0.1) is 12.3 Å². The van der Waals surface area contributed by atoms with Gasteiger partial charge < -0.3 is 5.11 Å². The van der Waals surface area contributed by atoms with Gasteiger partial charge in [-0.05, 0) is 13.0 Å². The smallest absolute Gasteiger partial charge is 0.141 e. The summed E-state index contributed by atoms with van der Waals surface area (Å²) < 4.78 is 0. The standard InChI is InChI=1S/C13H14OS/c1-4-12(14)11-7-5-6-8-13(11)15-9-10(2)3/h1,5-8,12,14H,2,9H2,3H3. The topological polar surface area (TPSA) is 20.2 Å². The summed E-state index contributed by atoms with van der Waals surface area (Å²) in [4.78, 5) is 1.02. The molecular weight excluding hydrogens is 204 g/mol. The normalized spacial score (nSPS) is 11.8. The van der Waals surface area contributed by atoms with E-state index in [9.17, 15) is 5.11 Å². The van der Waals surface area contributed by atoms with Crippen LogP contribution in [0.25, 0.3) is 0 Å². The zero-order chi connectivity index (χ0) is 11.3. The summed E-state index contributed by atoms with van der Waals surface area (Å²) in [5, 5.41) is 9.60. The number of rotatable bonds is 4. The fraction of sp³-hybridized carbons (Fsp3) is 0.231. The Labute approximate surface area is 95.2 Å². The van der Waals surface area contributed by atoms with Gasteiger partial charge in [0.1, 0.15) is 6.10 Å². The number of aliphatic hydroxyl groups is 1. The van der Waals surface area contributed by atoms with Crippen molar-refractivity contribution < 1.29 is 5.11 Å². The number of hydrogen-bond acceptors (Lipinski definition) is 2. The third-order valence-corrected chi connectivity index (χ3v) is 3.17. The highest BCUT2D eigenvalue weighted by Gasteiger charge is 2.08. The van der Waals surface area contributed by atoms with Crippen molar-refractivity contribution in [2.75, 3.05) is 5.75 Å². The summed E-state index contributed by atoms with van der Waals surface area (Å²) in [5.41, 5.74) is 1.90. The highest BCUT2D eigenvalue weighted by molar-refractivity contribution is 7.99. The molecule has 1 aromatic carbocycles. The van der Waals surface area contributed by atoms with Gasteiger partial charge in [0.05, 0.1) is 0 Å². The Kier molecular flexibility index (Phi) is 4.48. The van der Waals surface area contributed by atoms with E-state index in [-0.39, 0.29) is 0 Å². The van der Waals surface area contributed by atoms with E-state index in [2.05, 4.69) is 12.5 Å². The second kappa shape index (κ2) is 5.65. The highest BCUT2D eigenvalue weighted by Crippen LogP contribution is 2.28. The molecular formula is C13H14OS. The van der Waals surface area contributed by atoms with Gasteiger partial charge in [-0.25, -0.2) is 0 Å². The van der Waals surface area contributed by atoms with Gasteiger partial charge in [0.15, 0.2) is 0 Å². The van der Waals surface area contributed by atoms with E-state index >= 15 is 0 Å². The van der Waals surface area contributed by atoms with E-state index in [1.807, 2.05) is 31.2 Å². The van der Waals surface area contributed by atoms with Crippen LogP contribution in [0.1, 0.15) is 18.6 Å². The summed E-state index contributed by atoms with van der Waals surface area (Å²) in [6.45, 7) is 5.82. The minimum absolute atomic E-state index is 0.797. The summed E-state index contributed by atoms with van der Waals surface area (Å²) in [7, 11) is 0. The zero-order valence-electron chi connectivity index (χ0n) is 8.73. The average Bonchev–Trinajstić information content (AvgIpc) is 2.25. The Balaban J connectivity index is 2.87. The molecule has 15 heavy (non-hydrogen) atoms. The average molecular weight is 218 g/mol. The van der Waals surface area contributed by atoms with Gasteiger partial charge in [0.2, 0.25) is 0 Å². The van der Waals surface area contributed by atoms with Crippen LogP contribution >= 0.6 is 11.8 Å². The fourth-order valence-corrected chi connectivity index (χ4v) is 2.05. The van der Waals surface area contributed by atoms with Gasteiger partial charge >= 0.3 is 0 Å². The maximum Gasteiger partial charge on any atom is 0.141 e. The fourth-order valence-electron chi connectivity index (χ4n) is 1.13. The van der Waals surface area contributed by atoms with E-state index < -0.39 is 6.10 Å². The number of hydrogen-bond donors (Lipinski definition) is 1. The van der Waals surface area contributed by atoms with E-state index in [1.165, 1.54) is 0 Å². The van der Waals surface area contributed by atoms with Gasteiger partial charge in [-0.15, -0.1) is 18.2 Å². The molecule has 1 nitrogen and oxygen atoms in total. The molecule has 0 aromatic heterocycles. The molecule has 0 radical (unpaired) electrons. The molecule has 1 N–H and O–H groups in total. The van der Waals surface area contributed by atoms with Gasteiger partial charge in [-0.2, -0.15) is 0 Å². The van der Waals surface area contributed by atoms with Gasteiger partial charge in [-0.3, -0.25) is 0 Å². The summed E-state index contributed by atoms with van der Waals surface area (Å²) in [5.74, 6) is 3.17. The largest absolute Gasteiger partial charge is 0.376 e. The molecule has 1 atom stereocenters. The molecule has 1 aromatic rings. The minimum atomic E-state index is -0.821. The predicted octanol–water partition coefficient (Wildman–Crippen LogP) is 3.02. The Morgan fingerprint density at radius 2 is 2.27 bits per heavy atom. The Morgan fingerprint density at radius 1 is 1.60 bits per heavy atom. The molecule has 1 rings (SSSR count). The first kappa shape index (κ1) is 11.9. The molecule has 0 bridgehead atoms. The molecule has 0 amide bonds.